The van der Waals surface area contributed by atoms with E-state index >= 15 is 0 Å². The molecule has 0 saturated carbocycles. The fourth-order valence-corrected chi connectivity index (χ4v) is 10.3. The van der Waals surface area contributed by atoms with Gasteiger partial charge in [0.05, 0.1) is 16.4 Å². The highest BCUT2D eigenvalue weighted by Gasteiger charge is 2.39. The van der Waals surface area contributed by atoms with Crippen molar-refractivity contribution in [2.24, 2.45) is 0 Å². The summed E-state index contributed by atoms with van der Waals surface area (Å²) >= 11 is 0. The van der Waals surface area contributed by atoms with Crippen molar-refractivity contribution in [3.63, 3.8) is 0 Å². The first-order valence-electron chi connectivity index (χ1n) is 20.3. The predicted molar refractivity (Wildman–Crippen MR) is 241 cm³/mol. The van der Waals surface area contributed by atoms with Crippen LogP contribution >= 0.6 is 0 Å². The fourth-order valence-electron chi connectivity index (χ4n) is 10.3. The van der Waals surface area contributed by atoms with Crippen molar-refractivity contribution in [2.45, 2.75) is 26.7 Å². The molecule has 4 heteroatoms. The minimum Gasteiger partial charge on any atom is -0.438 e. The van der Waals surface area contributed by atoms with Gasteiger partial charge in [0.25, 0.3) is 0 Å². The molecule has 0 N–H and O–H groups in total. The van der Waals surface area contributed by atoms with Crippen molar-refractivity contribution in [1.82, 2.24) is 9.97 Å². The van der Waals surface area contributed by atoms with Gasteiger partial charge >= 0.3 is 0 Å². The molecule has 12 rings (SSSR count). The number of hydrogen-bond donors (Lipinski definition) is 0. The average molecular weight is 741 g/mol. The van der Waals surface area contributed by atoms with Crippen molar-refractivity contribution in [2.75, 3.05) is 0 Å². The predicted octanol–water partition coefficient (Wildman–Crippen LogP) is 11.1. The van der Waals surface area contributed by atoms with Gasteiger partial charge in [-0.15, -0.1) is 0 Å². The molecule has 10 aromatic rings. The summed E-state index contributed by atoms with van der Waals surface area (Å²) in [5, 5.41) is 2.06. The lowest BCUT2D eigenvalue weighted by Gasteiger charge is -2.37. The van der Waals surface area contributed by atoms with Gasteiger partial charge in [-0.3, -0.25) is 4.98 Å². The van der Waals surface area contributed by atoms with Crippen molar-refractivity contribution >= 4 is 56.2 Å². The molecule has 5 heterocycles. The summed E-state index contributed by atoms with van der Waals surface area (Å²) in [5.74, 6) is 0. The highest BCUT2D eigenvalue weighted by Crippen LogP contribution is 2.40. The zero-order valence-corrected chi connectivity index (χ0v) is 32.4. The monoisotopic (exact) mass is 740 g/mol. The number of aryl methyl sites for hydroxylation is 2. The lowest BCUT2D eigenvalue weighted by molar-refractivity contribution is 0.656. The normalized spacial score (nSPS) is 12.8. The molecule has 0 bridgehead atoms. The Morgan fingerprint density at radius 2 is 1.00 bits per heavy atom. The number of hydrogen-bond acceptors (Lipinski definition) is 3. The second-order valence-electron chi connectivity index (χ2n) is 16.2. The minimum absolute atomic E-state index is 0.197. The standard InChI is InChI=1S/C54H37BN2O/c1-32-24-38(34-12-5-3-6-13-34)26-41-30-43-28-40(35-14-7-4-8-15-35)29-44-31-42-27-39(25-33(2)51(42)55(50(32)41)52(43)44)36-19-21-37(22-20-36)48-49-45-16-9-10-18-47(45)58-54(49)57-46-17-11-23-56-53(46)48/h3-29H,30-31H2,1-2H3. The van der Waals surface area contributed by atoms with Crippen LogP contribution in [-0.2, 0) is 12.8 Å². The van der Waals surface area contributed by atoms with Crippen LogP contribution in [0.3, 0.4) is 0 Å². The third-order valence-corrected chi connectivity index (χ3v) is 12.7. The Balaban J connectivity index is 1.01. The number of benzene rings is 7. The maximum Gasteiger partial charge on any atom is 0.243 e. The Hall–Kier alpha value is -7.04. The topological polar surface area (TPSA) is 38.9 Å². The lowest BCUT2D eigenvalue weighted by Crippen LogP contribution is -2.62. The van der Waals surface area contributed by atoms with E-state index in [1.165, 1.54) is 83.1 Å². The summed E-state index contributed by atoms with van der Waals surface area (Å²) in [4.78, 5) is 9.73. The minimum atomic E-state index is 0.197. The van der Waals surface area contributed by atoms with Gasteiger partial charge in [-0.05, 0) is 106 Å². The molecule has 0 aliphatic carbocycles. The average Bonchev–Trinajstić information content (AvgIpc) is 3.63. The van der Waals surface area contributed by atoms with Crippen LogP contribution in [0, 0.1) is 13.8 Å². The van der Waals surface area contributed by atoms with Gasteiger partial charge in [0.2, 0.25) is 12.4 Å². The first kappa shape index (κ1) is 33.1. The van der Waals surface area contributed by atoms with Gasteiger partial charge in [-0.2, -0.15) is 0 Å². The molecule has 58 heavy (non-hydrogen) atoms. The number of fused-ring (bicyclic) bond motifs is 8. The maximum atomic E-state index is 6.29. The summed E-state index contributed by atoms with van der Waals surface area (Å²) in [5.41, 5.74) is 25.9. The number of furan rings is 1. The van der Waals surface area contributed by atoms with Crippen LogP contribution in [-0.4, -0.2) is 16.7 Å². The zero-order valence-electron chi connectivity index (χ0n) is 32.4. The van der Waals surface area contributed by atoms with E-state index in [1.807, 2.05) is 30.5 Å². The summed E-state index contributed by atoms with van der Waals surface area (Å²) in [6.45, 7) is 4.86. The highest BCUT2D eigenvalue weighted by atomic mass is 16.3. The molecule has 0 amide bonds. The molecule has 0 saturated heterocycles. The van der Waals surface area contributed by atoms with Crippen LogP contribution in [0.25, 0.3) is 77.6 Å². The Morgan fingerprint density at radius 3 is 1.62 bits per heavy atom. The molecule has 0 radical (unpaired) electrons. The van der Waals surface area contributed by atoms with Crippen LogP contribution in [0.5, 0.6) is 0 Å². The molecule has 0 spiro atoms. The fraction of sp³-hybridized carbons (Fsp3) is 0.0741. The third kappa shape index (κ3) is 5.08. The first-order chi connectivity index (χ1) is 28.6. The molecular weight excluding hydrogens is 703 g/mol. The zero-order chi connectivity index (χ0) is 38.5. The van der Waals surface area contributed by atoms with E-state index in [4.69, 9.17) is 14.4 Å². The van der Waals surface area contributed by atoms with Gasteiger partial charge in [0.1, 0.15) is 5.58 Å². The molecule has 0 unspecified atom stereocenters. The molecule has 272 valence electrons. The molecule has 3 nitrogen and oxygen atoms in total. The Labute approximate surface area is 337 Å². The summed E-state index contributed by atoms with van der Waals surface area (Å²) < 4.78 is 6.29. The number of pyridine rings is 2. The quantitative estimate of drug-likeness (QED) is 0.169. The smallest absolute Gasteiger partial charge is 0.243 e. The number of rotatable bonds is 4. The van der Waals surface area contributed by atoms with Crippen LogP contribution in [0.4, 0.5) is 0 Å². The summed E-state index contributed by atoms with van der Waals surface area (Å²) in [6, 6.07) is 57.6. The van der Waals surface area contributed by atoms with Crippen LogP contribution in [0.15, 0.2) is 168 Å². The van der Waals surface area contributed by atoms with Crippen molar-refractivity contribution in [3.05, 3.63) is 197 Å². The summed E-state index contributed by atoms with van der Waals surface area (Å²) in [7, 11) is 0. The number of aromatic nitrogens is 2. The lowest BCUT2D eigenvalue weighted by atomic mass is 9.29. The Kier molecular flexibility index (Phi) is 7.28. The van der Waals surface area contributed by atoms with Crippen LogP contribution in [0.2, 0.25) is 0 Å². The second-order valence-corrected chi connectivity index (χ2v) is 16.2. The van der Waals surface area contributed by atoms with Gasteiger partial charge in [0, 0.05) is 17.1 Å². The van der Waals surface area contributed by atoms with Gasteiger partial charge in [-0.25, -0.2) is 4.98 Å². The second kappa shape index (κ2) is 12.7. The summed E-state index contributed by atoms with van der Waals surface area (Å²) in [6.07, 6.45) is 3.71. The van der Waals surface area contributed by atoms with Crippen molar-refractivity contribution in [3.8, 4) is 44.5 Å². The molecular formula is C54H37BN2O. The molecule has 7 aromatic carbocycles. The third-order valence-electron chi connectivity index (χ3n) is 12.7. The van der Waals surface area contributed by atoms with Crippen molar-refractivity contribution in [1.29, 1.82) is 0 Å². The van der Waals surface area contributed by atoms with Gasteiger partial charge in [0.15, 0.2) is 0 Å². The van der Waals surface area contributed by atoms with E-state index in [9.17, 15) is 0 Å². The molecule has 2 aliphatic heterocycles. The largest absolute Gasteiger partial charge is 0.438 e. The van der Waals surface area contributed by atoms with Crippen molar-refractivity contribution < 1.29 is 4.42 Å². The molecule has 3 aromatic heterocycles. The first-order valence-corrected chi connectivity index (χ1v) is 20.3. The van der Waals surface area contributed by atoms with E-state index < -0.39 is 0 Å². The van der Waals surface area contributed by atoms with E-state index in [2.05, 4.69) is 147 Å². The van der Waals surface area contributed by atoms with E-state index in [1.54, 1.807) is 0 Å². The maximum absolute atomic E-state index is 6.29. The van der Waals surface area contributed by atoms with Gasteiger partial charge in [-0.1, -0.05) is 167 Å². The Morgan fingerprint density at radius 1 is 0.483 bits per heavy atom. The molecule has 0 fully saturated rings. The van der Waals surface area contributed by atoms with E-state index in [-0.39, 0.29) is 6.71 Å². The number of para-hydroxylation sites is 1. The van der Waals surface area contributed by atoms with Gasteiger partial charge < -0.3 is 4.42 Å². The number of nitrogens with zero attached hydrogens (tertiary/aromatic N) is 2. The SMILES string of the molecule is Cc1cc(-c2ccccc2)cc2c1B1c3c(C)cc(-c4ccc(-c5c6ncccc6nc6oc7ccccc7c56)cc4)cc3Cc3cc(-c4ccccc4)cc(c31)C2. The van der Waals surface area contributed by atoms with E-state index in [0.717, 1.165) is 51.4 Å². The van der Waals surface area contributed by atoms with Crippen LogP contribution in [0.1, 0.15) is 33.4 Å². The van der Waals surface area contributed by atoms with Crippen LogP contribution < -0.4 is 16.4 Å². The Bertz CT molecular complexity index is 3280. The highest BCUT2D eigenvalue weighted by molar-refractivity contribution is 6.98. The molecule has 2 aliphatic rings. The molecule has 0 atom stereocenters. The van der Waals surface area contributed by atoms with E-state index in [0.29, 0.717) is 5.71 Å².